The zero-order valence-corrected chi connectivity index (χ0v) is 11.0. The van der Waals surface area contributed by atoms with E-state index in [1.165, 1.54) is 12.5 Å². The van der Waals surface area contributed by atoms with E-state index in [4.69, 9.17) is 4.52 Å². The van der Waals surface area contributed by atoms with Gasteiger partial charge in [0.15, 0.2) is 5.69 Å². The zero-order valence-electron chi connectivity index (χ0n) is 11.0. The molecule has 0 aliphatic carbocycles. The number of nitrogens with zero attached hydrogens (tertiary/aromatic N) is 2. The average Bonchev–Trinajstić information content (AvgIpc) is 2.69. The van der Waals surface area contributed by atoms with Crippen molar-refractivity contribution in [1.82, 2.24) is 5.16 Å². The van der Waals surface area contributed by atoms with Crippen LogP contribution in [0, 0.1) is 30.9 Å². The van der Waals surface area contributed by atoms with Crippen LogP contribution in [0.5, 0.6) is 0 Å². The topological polar surface area (TPSA) is 69.2 Å². The molecule has 0 N–H and O–H groups in total. The quantitative estimate of drug-likeness (QED) is 0.622. The molecule has 0 amide bonds. The second kappa shape index (κ2) is 5.06. The van der Waals surface area contributed by atoms with E-state index in [2.05, 4.69) is 11.2 Å². The first-order chi connectivity index (χ1) is 8.99. The Labute approximate surface area is 110 Å². The first-order valence-electron chi connectivity index (χ1n) is 5.85. The number of hydrogen-bond donors (Lipinski definition) is 0. The summed E-state index contributed by atoms with van der Waals surface area (Å²) >= 11 is 0. The summed E-state index contributed by atoms with van der Waals surface area (Å²) in [7, 11) is 0. The third-order valence-electron chi connectivity index (χ3n) is 2.89. The molecular weight excluding hydrogens is 244 g/mol. The highest BCUT2D eigenvalue weighted by atomic mass is 16.6. The smallest absolute Gasteiger partial charge is 0.338 e. The lowest BCUT2D eigenvalue weighted by Gasteiger charge is -2.00. The van der Waals surface area contributed by atoms with Gasteiger partial charge in [-0.2, -0.15) is 0 Å². The van der Waals surface area contributed by atoms with Crippen LogP contribution in [-0.2, 0) is 0 Å². The molecule has 0 spiro atoms. The first-order valence-corrected chi connectivity index (χ1v) is 5.85. The molecule has 0 saturated carbocycles. The van der Waals surface area contributed by atoms with Crippen LogP contribution < -0.4 is 0 Å². The molecule has 19 heavy (non-hydrogen) atoms. The Morgan fingerprint density at radius 2 is 2.00 bits per heavy atom. The average molecular weight is 258 g/mol. The van der Waals surface area contributed by atoms with Crippen LogP contribution in [0.1, 0.15) is 28.1 Å². The SMILES string of the molecule is Cc1ccc(/C=C/c2noc(C)c2[N+](=O)[O-])c(C)c1. The zero-order chi connectivity index (χ0) is 14.0. The fraction of sp³-hybridized carbons (Fsp3) is 0.214. The Hall–Kier alpha value is -2.43. The molecule has 0 fully saturated rings. The second-order valence-electron chi connectivity index (χ2n) is 4.42. The number of nitro groups is 1. The maximum Gasteiger partial charge on any atom is 0.338 e. The molecule has 5 nitrogen and oxygen atoms in total. The van der Waals surface area contributed by atoms with Gasteiger partial charge in [0.1, 0.15) is 0 Å². The molecule has 0 radical (unpaired) electrons. The standard InChI is InChI=1S/C14H14N2O3/c1-9-4-5-12(10(2)8-9)6-7-13-14(16(17)18)11(3)19-15-13/h4-8H,1-3H3/b7-6+. The molecule has 2 aromatic rings. The fourth-order valence-electron chi connectivity index (χ4n) is 1.90. The molecule has 0 bridgehead atoms. The minimum Gasteiger partial charge on any atom is -0.354 e. The Kier molecular flexibility index (Phi) is 3.46. The van der Waals surface area contributed by atoms with Crippen LogP contribution in [0.15, 0.2) is 22.7 Å². The van der Waals surface area contributed by atoms with Gasteiger partial charge in [0.05, 0.1) is 4.92 Å². The summed E-state index contributed by atoms with van der Waals surface area (Å²) in [5.41, 5.74) is 3.45. The van der Waals surface area contributed by atoms with Crippen LogP contribution in [-0.4, -0.2) is 10.1 Å². The fourth-order valence-corrected chi connectivity index (χ4v) is 1.90. The highest BCUT2D eigenvalue weighted by molar-refractivity contribution is 5.73. The summed E-state index contributed by atoms with van der Waals surface area (Å²) in [5, 5.41) is 14.6. The third-order valence-corrected chi connectivity index (χ3v) is 2.89. The van der Waals surface area contributed by atoms with Crippen molar-refractivity contribution in [3.8, 4) is 0 Å². The van der Waals surface area contributed by atoms with Crippen LogP contribution in [0.2, 0.25) is 0 Å². The van der Waals surface area contributed by atoms with Crippen molar-refractivity contribution in [2.75, 3.05) is 0 Å². The van der Waals surface area contributed by atoms with Crippen LogP contribution >= 0.6 is 0 Å². The van der Waals surface area contributed by atoms with Crippen molar-refractivity contribution in [3.05, 3.63) is 56.5 Å². The van der Waals surface area contributed by atoms with Crippen molar-refractivity contribution >= 4 is 17.8 Å². The molecule has 0 unspecified atom stereocenters. The van der Waals surface area contributed by atoms with Crippen LogP contribution in [0.4, 0.5) is 5.69 Å². The van der Waals surface area contributed by atoms with E-state index in [-0.39, 0.29) is 17.1 Å². The van der Waals surface area contributed by atoms with Crippen molar-refractivity contribution in [3.63, 3.8) is 0 Å². The van der Waals surface area contributed by atoms with E-state index >= 15 is 0 Å². The van der Waals surface area contributed by atoms with Crippen molar-refractivity contribution in [2.24, 2.45) is 0 Å². The minimum atomic E-state index is -0.479. The van der Waals surface area contributed by atoms with Crippen molar-refractivity contribution < 1.29 is 9.45 Å². The molecule has 0 aliphatic rings. The van der Waals surface area contributed by atoms with E-state index in [1.54, 1.807) is 12.2 Å². The molecule has 2 rings (SSSR count). The molecule has 0 saturated heterocycles. The Balaban J connectivity index is 2.35. The van der Waals surface area contributed by atoms with E-state index in [1.807, 2.05) is 26.0 Å². The molecular formula is C14H14N2O3. The lowest BCUT2D eigenvalue weighted by Crippen LogP contribution is -1.90. The monoisotopic (exact) mass is 258 g/mol. The Morgan fingerprint density at radius 3 is 2.63 bits per heavy atom. The van der Waals surface area contributed by atoms with Crippen molar-refractivity contribution in [1.29, 1.82) is 0 Å². The Bertz CT molecular complexity index is 657. The highest BCUT2D eigenvalue weighted by Crippen LogP contribution is 2.24. The minimum absolute atomic E-state index is 0.0824. The van der Waals surface area contributed by atoms with Crippen LogP contribution in [0.3, 0.4) is 0 Å². The van der Waals surface area contributed by atoms with Gasteiger partial charge in [-0.15, -0.1) is 0 Å². The van der Waals surface area contributed by atoms with Crippen molar-refractivity contribution in [2.45, 2.75) is 20.8 Å². The van der Waals surface area contributed by atoms with Crippen LogP contribution in [0.25, 0.3) is 12.2 Å². The molecule has 1 aromatic carbocycles. The van der Waals surface area contributed by atoms with E-state index in [0.29, 0.717) is 0 Å². The van der Waals surface area contributed by atoms with E-state index in [0.717, 1.165) is 11.1 Å². The summed E-state index contributed by atoms with van der Waals surface area (Å²) in [6, 6.07) is 6.03. The van der Waals surface area contributed by atoms with Gasteiger partial charge in [-0.25, -0.2) is 0 Å². The van der Waals surface area contributed by atoms with Gasteiger partial charge in [0.2, 0.25) is 5.76 Å². The van der Waals surface area contributed by atoms with E-state index < -0.39 is 4.92 Å². The van der Waals surface area contributed by atoms with Gasteiger partial charge in [0, 0.05) is 6.92 Å². The summed E-state index contributed by atoms with van der Waals surface area (Å²) in [4.78, 5) is 10.4. The normalized spacial score (nSPS) is 11.1. The van der Waals surface area contributed by atoms with E-state index in [9.17, 15) is 10.1 Å². The number of rotatable bonds is 3. The van der Waals surface area contributed by atoms with Gasteiger partial charge >= 0.3 is 5.69 Å². The first kappa shape index (κ1) is 13.0. The number of hydrogen-bond acceptors (Lipinski definition) is 4. The summed E-state index contributed by atoms with van der Waals surface area (Å²) in [6.45, 7) is 5.54. The molecule has 1 aromatic heterocycles. The summed E-state index contributed by atoms with van der Waals surface area (Å²) in [6.07, 6.45) is 3.41. The molecule has 1 heterocycles. The van der Waals surface area contributed by atoms with Gasteiger partial charge in [-0.05, 0) is 31.1 Å². The molecule has 0 atom stereocenters. The lowest BCUT2D eigenvalue weighted by atomic mass is 10.1. The maximum absolute atomic E-state index is 10.9. The number of aryl methyl sites for hydroxylation is 3. The van der Waals surface area contributed by atoms with Gasteiger partial charge < -0.3 is 4.52 Å². The van der Waals surface area contributed by atoms with Gasteiger partial charge in [-0.3, -0.25) is 10.1 Å². The summed E-state index contributed by atoms with van der Waals surface area (Å²) in [5.74, 6) is 0.213. The van der Waals surface area contributed by atoms with Gasteiger partial charge in [-0.1, -0.05) is 35.0 Å². The molecule has 5 heteroatoms. The predicted molar refractivity (Wildman–Crippen MR) is 72.7 cm³/mol. The second-order valence-corrected chi connectivity index (χ2v) is 4.42. The molecule has 0 aliphatic heterocycles. The maximum atomic E-state index is 10.9. The lowest BCUT2D eigenvalue weighted by molar-refractivity contribution is -0.386. The summed E-state index contributed by atoms with van der Waals surface area (Å²) < 4.78 is 4.85. The largest absolute Gasteiger partial charge is 0.354 e. The highest BCUT2D eigenvalue weighted by Gasteiger charge is 2.21. The Morgan fingerprint density at radius 1 is 1.26 bits per heavy atom. The number of benzene rings is 1. The predicted octanol–water partition coefficient (Wildman–Crippen LogP) is 3.68. The number of aromatic nitrogens is 1. The van der Waals surface area contributed by atoms with Gasteiger partial charge in [0.25, 0.3) is 0 Å². The third kappa shape index (κ3) is 2.70. The molecule has 98 valence electrons.